The van der Waals surface area contributed by atoms with Crippen molar-refractivity contribution in [2.45, 2.75) is 6.92 Å². The fourth-order valence-electron chi connectivity index (χ4n) is 2.94. The fourth-order valence-corrected chi connectivity index (χ4v) is 2.94. The number of anilines is 3. The third-order valence-electron chi connectivity index (χ3n) is 4.10. The second-order valence-corrected chi connectivity index (χ2v) is 5.72. The van der Waals surface area contributed by atoms with E-state index in [4.69, 9.17) is 10.7 Å². The predicted octanol–water partition coefficient (Wildman–Crippen LogP) is 5.87. The van der Waals surface area contributed by atoms with Crippen LogP contribution in [0.1, 0.15) is 5.56 Å². The summed E-state index contributed by atoms with van der Waals surface area (Å²) in [7, 11) is 0. The summed E-state index contributed by atoms with van der Waals surface area (Å²) >= 11 is 0. The van der Waals surface area contributed by atoms with E-state index in [1.165, 1.54) is 0 Å². The zero-order chi connectivity index (χ0) is 15.8. The highest BCUT2D eigenvalue weighted by atomic mass is 35.5. The highest BCUT2D eigenvalue weighted by Gasteiger charge is 2.09. The van der Waals surface area contributed by atoms with Crippen molar-refractivity contribution in [2.24, 2.45) is 0 Å². The number of para-hydroxylation sites is 2. The highest BCUT2D eigenvalue weighted by molar-refractivity contribution is 6.08. The number of nitrogens with one attached hydrogen (secondary N) is 1. The first-order chi connectivity index (χ1) is 11.2. The highest BCUT2D eigenvalue weighted by Crippen LogP contribution is 2.34. The van der Waals surface area contributed by atoms with Crippen molar-refractivity contribution < 1.29 is 0 Å². The van der Waals surface area contributed by atoms with E-state index in [1.54, 1.807) is 0 Å². The normalized spacial score (nSPS) is 10.1. The van der Waals surface area contributed by atoms with Gasteiger partial charge in [-0.1, -0.05) is 36.4 Å². The molecule has 0 amide bonds. The molecule has 3 N–H and O–H groups in total. The number of hydrogen-bond donors (Lipinski definition) is 2. The van der Waals surface area contributed by atoms with Gasteiger partial charge in [-0.2, -0.15) is 0 Å². The minimum atomic E-state index is 0. The largest absolute Gasteiger partial charge is 0.399 e. The van der Waals surface area contributed by atoms with Crippen LogP contribution in [0, 0.1) is 6.92 Å². The van der Waals surface area contributed by atoms with E-state index in [0.29, 0.717) is 0 Å². The number of aromatic nitrogens is 1. The number of halogens is 2. The molecule has 0 fully saturated rings. The molecule has 128 valence electrons. The maximum Gasteiger partial charge on any atom is 0.0730 e. The van der Waals surface area contributed by atoms with Gasteiger partial charge in [0.15, 0.2) is 0 Å². The van der Waals surface area contributed by atoms with E-state index in [0.717, 1.165) is 44.4 Å². The summed E-state index contributed by atoms with van der Waals surface area (Å²) < 4.78 is 0. The topological polar surface area (TPSA) is 50.9 Å². The first-order valence-corrected chi connectivity index (χ1v) is 7.63. The Balaban J connectivity index is 0.00000113. The number of nitrogens with two attached hydrogens (primary N) is 1. The van der Waals surface area contributed by atoms with E-state index >= 15 is 0 Å². The van der Waals surface area contributed by atoms with E-state index < -0.39 is 0 Å². The summed E-state index contributed by atoms with van der Waals surface area (Å²) in [4.78, 5) is 4.76. The van der Waals surface area contributed by atoms with Crippen molar-refractivity contribution in [1.29, 1.82) is 0 Å². The predicted molar refractivity (Wildman–Crippen MR) is 113 cm³/mol. The van der Waals surface area contributed by atoms with E-state index in [9.17, 15) is 0 Å². The zero-order valence-corrected chi connectivity index (χ0v) is 15.3. The zero-order valence-electron chi connectivity index (χ0n) is 13.7. The summed E-state index contributed by atoms with van der Waals surface area (Å²) in [5.41, 5.74) is 11.9. The maximum absolute atomic E-state index is 5.86. The minimum Gasteiger partial charge on any atom is -0.399 e. The van der Waals surface area contributed by atoms with Gasteiger partial charge in [0.1, 0.15) is 0 Å². The summed E-state index contributed by atoms with van der Waals surface area (Å²) in [6.45, 7) is 2.06. The maximum atomic E-state index is 5.86. The number of rotatable bonds is 2. The van der Waals surface area contributed by atoms with Gasteiger partial charge in [0, 0.05) is 22.1 Å². The lowest BCUT2D eigenvalue weighted by molar-refractivity contribution is 1.43. The van der Waals surface area contributed by atoms with Crippen LogP contribution in [-0.2, 0) is 0 Å². The third-order valence-corrected chi connectivity index (χ3v) is 4.10. The van der Waals surface area contributed by atoms with Crippen molar-refractivity contribution in [2.75, 3.05) is 11.1 Å². The number of nitrogen functional groups attached to an aromatic ring is 1. The summed E-state index contributed by atoms with van der Waals surface area (Å²) in [6, 6.07) is 22.3. The van der Waals surface area contributed by atoms with Crippen LogP contribution in [0.5, 0.6) is 0 Å². The van der Waals surface area contributed by atoms with Crippen molar-refractivity contribution in [3.63, 3.8) is 0 Å². The molecule has 3 aromatic carbocycles. The Morgan fingerprint density at radius 2 is 1.36 bits per heavy atom. The van der Waals surface area contributed by atoms with Gasteiger partial charge in [-0.3, -0.25) is 0 Å². The molecular formula is C20H19Cl2N3. The third kappa shape index (κ3) is 3.48. The van der Waals surface area contributed by atoms with Crippen LogP contribution in [0.4, 0.5) is 17.1 Å². The summed E-state index contributed by atoms with van der Waals surface area (Å²) in [5, 5.41) is 5.82. The Bertz CT molecular complexity index is 978. The lowest BCUT2D eigenvalue weighted by atomic mass is 10.1. The number of benzene rings is 3. The molecule has 0 aliphatic rings. The summed E-state index contributed by atoms with van der Waals surface area (Å²) in [5.74, 6) is 0. The minimum absolute atomic E-state index is 0. The molecule has 0 radical (unpaired) electrons. The second kappa shape index (κ2) is 7.60. The SMILES string of the molecule is Cc1cc(N)ccc1Nc1c2ccccc2nc2ccccc12.Cl.Cl. The molecule has 25 heavy (non-hydrogen) atoms. The monoisotopic (exact) mass is 371 g/mol. The van der Waals surface area contributed by atoms with Crippen molar-refractivity contribution in [3.8, 4) is 0 Å². The second-order valence-electron chi connectivity index (χ2n) is 5.72. The van der Waals surface area contributed by atoms with Crippen molar-refractivity contribution >= 4 is 63.7 Å². The number of aryl methyl sites for hydroxylation is 1. The molecule has 0 spiro atoms. The molecule has 3 nitrogen and oxygen atoms in total. The molecule has 1 heterocycles. The van der Waals surface area contributed by atoms with Crippen LogP contribution in [0.2, 0.25) is 0 Å². The molecule has 0 aliphatic heterocycles. The fraction of sp³-hybridized carbons (Fsp3) is 0.0500. The molecule has 4 rings (SSSR count). The van der Waals surface area contributed by atoms with Crippen LogP contribution >= 0.6 is 24.8 Å². The van der Waals surface area contributed by atoms with Gasteiger partial charge in [-0.15, -0.1) is 24.8 Å². The first-order valence-electron chi connectivity index (χ1n) is 7.63. The number of nitrogens with zero attached hydrogens (tertiary/aromatic N) is 1. The smallest absolute Gasteiger partial charge is 0.0730 e. The van der Waals surface area contributed by atoms with Crippen LogP contribution in [0.25, 0.3) is 21.8 Å². The Morgan fingerprint density at radius 3 is 1.92 bits per heavy atom. The van der Waals surface area contributed by atoms with Gasteiger partial charge >= 0.3 is 0 Å². The molecule has 1 aromatic heterocycles. The van der Waals surface area contributed by atoms with Crippen LogP contribution < -0.4 is 11.1 Å². The van der Waals surface area contributed by atoms with Crippen LogP contribution in [-0.4, -0.2) is 4.98 Å². The molecule has 0 atom stereocenters. The Kier molecular flexibility index (Phi) is 5.73. The van der Waals surface area contributed by atoms with Gasteiger partial charge in [0.25, 0.3) is 0 Å². The average Bonchev–Trinajstić information content (AvgIpc) is 2.56. The van der Waals surface area contributed by atoms with Gasteiger partial charge < -0.3 is 11.1 Å². The molecule has 5 heteroatoms. The molecule has 0 saturated carbocycles. The van der Waals surface area contributed by atoms with Crippen molar-refractivity contribution in [1.82, 2.24) is 4.98 Å². The molecule has 0 aliphatic carbocycles. The average molecular weight is 372 g/mol. The number of fused-ring (bicyclic) bond motifs is 2. The van der Waals surface area contributed by atoms with E-state index in [2.05, 4.69) is 24.4 Å². The molecule has 4 aromatic rings. The van der Waals surface area contributed by atoms with Gasteiger partial charge in [0.05, 0.1) is 16.7 Å². The Morgan fingerprint density at radius 1 is 0.800 bits per heavy atom. The molecule has 0 bridgehead atoms. The lowest BCUT2D eigenvalue weighted by Gasteiger charge is -2.15. The molecular weight excluding hydrogens is 353 g/mol. The van der Waals surface area contributed by atoms with E-state index in [1.807, 2.05) is 54.6 Å². The standard InChI is InChI=1S/C20H17N3.2ClH/c1-13-12-14(21)10-11-17(13)23-20-15-6-2-4-8-18(15)22-19-9-5-3-7-16(19)20;;/h2-12H,21H2,1H3,(H,22,23);2*1H. The van der Waals surface area contributed by atoms with Gasteiger partial charge in [0.2, 0.25) is 0 Å². The number of hydrogen-bond acceptors (Lipinski definition) is 3. The van der Waals surface area contributed by atoms with E-state index in [-0.39, 0.29) is 24.8 Å². The molecule has 0 unspecified atom stereocenters. The quantitative estimate of drug-likeness (QED) is 0.342. The van der Waals surface area contributed by atoms with Gasteiger partial charge in [-0.25, -0.2) is 4.98 Å². The van der Waals surface area contributed by atoms with Crippen LogP contribution in [0.3, 0.4) is 0 Å². The first kappa shape index (κ1) is 18.8. The lowest BCUT2D eigenvalue weighted by Crippen LogP contribution is -1.97. The molecule has 0 saturated heterocycles. The van der Waals surface area contributed by atoms with Gasteiger partial charge in [-0.05, 0) is 42.8 Å². The Labute approximate surface area is 159 Å². The Hall–Kier alpha value is -2.49. The number of pyridine rings is 1. The van der Waals surface area contributed by atoms with Crippen molar-refractivity contribution in [3.05, 3.63) is 72.3 Å². The summed E-state index contributed by atoms with van der Waals surface area (Å²) in [6.07, 6.45) is 0. The van der Waals surface area contributed by atoms with Crippen LogP contribution in [0.15, 0.2) is 66.7 Å².